The van der Waals surface area contributed by atoms with Gasteiger partial charge in [-0.15, -0.1) is 0 Å². The molecule has 22 heavy (non-hydrogen) atoms. The molecule has 1 N–H and O–H groups in total. The Balaban J connectivity index is 1.91. The lowest BCUT2D eigenvalue weighted by Crippen LogP contribution is -2.36. The van der Waals surface area contributed by atoms with E-state index in [1.807, 2.05) is 0 Å². The molecule has 1 saturated heterocycles. The van der Waals surface area contributed by atoms with Crippen molar-refractivity contribution in [2.75, 3.05) is 25.0 Å². The summed E-state index contributed by atoms with van der Waals surface area (Å²) in [6, 6.07) is 4.91. The van der Waals surface area contributed by atoms with Crippen molar-refractivity contribution < 1.29 is 18.0 Å². The first-order valence-electron chi connectivity index (χ1n) is 7.55. The number of halogens is 3. The summed E-state index contributed by atoms with van der Waals surface area (Å²) < 4.78 is 37.9. The monoisotopic (exact) mass is 314 g/mol. The summed E-state index contributed by atoms with van der Waals surface area (Å²) in [5.41, 5.74) is -0.403. The summed E-state index contributed by atoms with van der Waals surface area (Å²) >= 11 is 0. The number of likely N-dealkylation sites (tertiary alicyclic amines) is 1. The molecule has 1 aromatic carbocycles. The second-order valence-electron chi connectivity index (χ2n) is 5.85. The second kappa shape index (κ2) is 7.03. The van der Waals surface area contributed by atoms with Gasteiger partial charge in [0.2, 0.25) is 5.91 Å². The van der Waals surface area contributed by atoms with Gasteiger partial charge in [-0.2, -0.15) is 13.2 Å². The normalized spacial score (nSPS) is 19.6. The van der Waals surface area contributed by atoms with Crippen molar-refractivity contribution in [3.05, 3.63) is 29.8 Å². The van der Waals surface area contributed by atoms with Crippen LogP contribution in [0.4, 0.5) is 18.9 Å². The number of benzene rings is 1. The molecule has 0 spiro atoms. The van der Waals surface area contributed by atoms with Gasteiger partial charge >= 0.3 is 6.18 Å². The maximum absolute atomic E-state index is 12.6. The molecule has 1 unspecified atom stereocenters. The van der Waals surface area contributed by atoms with E-state index in [1.165, 1.54) is 12.1 Å². The van der Waals surface area contributed by atoms with E-state index in [1.54, 1.807) is 4.90 Å². The molecule has 1 heterocycles. The van der Waals surface area contributed by atoms with E-state index in [9.17, 15) is 18.0 Å². The van der Waals surface area contributed by atoms with Gasteiger partial charge in [0.25, 0.3) is 0 Å². The number of carbonyl (C=O) groups is 1. The molecular weight excluding hydrogens is 293 g/mol. The van der Waals surface area contributed by atoms with Gasteiger partial charge in [0, 0.05) is 18.8 Å². The first-order valence-corrected chi connectivity index (χ1v) is 7.55. The number of hydrogen-bond donors (Lipinski definition) is 1. The van der Waals surface area contributed by atoms with Crippen LogP contribution in [0.2, 0.25) is 0 Å². The zero-order chi connectivity index (χ0) is 16.2. The average molecular weight is 314 g/mol. The number of carbonyl (C=O) groups excluding carboxylic acids is 1. The highest BCUT2D eigenvalue weighted by molar-refractivity contribution is 5.80. The van der Waals surface area contributed by atoms with Crippen molar-refractivity contribution in [1.82, 2.24) is 4.90 Å². The van der Waals surface area contributed by atoms with Crippen LogP contribution in [0.3, 0.4) is 0 Å². The number of anilines is 1. The van der Waals surface area contributed by atoms with Crippen LogP contribution in [0.15, 0.2) is 24.3 Å². The molecule has 6 heteroatoms. The topological polar surface area (TPSA) is 32.3 Å². The Morgan fingerprint density at radius 3 is 2.82 bits per heavy atom. The third-order valence-corrected chi connectivity index (χ3v) is 4.00. The van der Waals surface area contributed by atoms with E-state index in [0.717, 1.165) is 44.5 Å². The lowest BCUT2D eigenvalue weighted by atomic mass is 10.0. The van der Waals surface area contributed by atoms with E-state index >= 15 is 0 Å². The number of rotatable bonds is 3. The van der Waals surface area contributed by atoms with Gasteiger partial charge in [0.15, 0.2) is 0 Å². The van der Waals surface area contributed by atoms with Gasteiger partial charge < -0.3 is 10.2 Å². The Bertz CT molecular complexity index is 516. The Labute approximate surface area is 128 Å². The van der Waals surface area contributed by atoms with Crippen molar-refractivity contribution in [2.24, 2.45) is 5.92 Å². The van der Waals surface area contributed by atoms with Gasteiger partial charge in [-0.3, -0.25) is 4.79 Å². The van der Waals surface area contributed by atoms with Crippen LogP contribution in [-0.4, -0.2) is 30.4 Å². The van der Waals surface area contributed by atoms with Crippen molar-refractivity contribution in [3.63, 3.8) is 0 Å². The molecule has 0 aromatic heterocycles. The Morgan fingerprint density at radius 2 is 2.09 bits per heavy atom. The third-order valence-electron chi connectivity index (χ3n) is 4.00. The molecule has 1 fully saturated rings. The molecule has 0 aliphatic carbocycles. The molecule has 0 saturated carbocycles. The Kier molecular flexibility index (Phi) is 5.32. The molecule has 3 nitrogen and oxygen atoms in total. The van der Waals surface area contributed by atoms with Gasteiger partial charge in [0.1, 0.15) is 0 Å². The highest BCUT2D eigenvalue weighted by Gasteiger charge is 2.30. The fourth-order valence-corrected chi connectivity index (χ4v) is 2.61. The number of amides is 1. The number of alkyl halides is 3. The van der Waals surface area contributed by atoms with E-state index in [0.29, 0.717) is 11.6 Å². The Morgan fingerprint density at radius 1 is 1.32 bits per heavy atom. The quantitative estimate of drug-likeness (QED) is 0.921. The van der Waals surface area contributed by atoms with Crippen LogP contribution < -0.4 is 5.32 Å². The van der Waals surface area contributed by atoms with Crippen LogP contribution >= 0.6 is 0 Å². The molecule has 1 amide bonds. The highest BCUT2D eigenvalue weighted by atomic mass is 19.4. The number of hydrogen-bond acceptors (Lipinski definition) is 2. The second-order valence-corrected chi connectivity index (χ2v) is 5.85. The van der Waals surface area contributed by atoms with Crippen molar-refractivity contribution in [2.45, 2.75) is 32.4 Å². The Hall–Kier alpha value is -1.72. The lowest BCUT2D eigenvalue weighted by Gasteiger charge is -2.21. The molecule has 0 bridgehead atoms. The SMILES string of the molecule is CC1CCCN(C(=O)CNc2cccc(C(F)(F)F)c2)CC1. The van der Waals surface area contributed by atoms with Gasteiger partial charge in [0.05, 0.1) is 12.1 Å². The minimum Gasteiger partial charge on any atom is -0.376 e. The fraction of sp³-hybridized carbons (Fsp3) is 0.562. The van der Waals surface area contributed by atoms with E-state index in [4.69, 9.17) is 0 Å². The van der Waals surface area contributed by atoms with Crippen LogP contribution in [0.25, 0.3) is 0 Å². The molecular formula is C16H21F3N2O. The van der Waals surface area contributed by atoms with Gasteiger partial charge in [-0.05, 0) is 43.4 Å². The van der Waals surface area contributed by atoms with E-state index in [-0.39, 0.29) is 12.5 Å². The first kappa shape index (κ1) is 16.6. The van der Waals surface area contributed by atoms with Crippen LogP contribution in [-0.2, 0) is 11.0 Å². The molecule has 0 radical (unpaired) electrons. The van der Waals surface area contributed by atoms with Crippen molar-refractivity contribution in [1.29, 1.82) is 0 Å². The highest BCUT2D eigenvalue weighted by Crippen LogP contribution is 2.30. The maximum atomic E-state index is 12.6. The van der Waals surface area contributed by atoms with E-state index < -0.39 is 11.7 Å². The summed E-state index contributed by atoms with van der Waals surface area (Å²) in [7, 11) is 0. The minimum absolute atomic E-state index is 0.0235. The molecule has 1 atom stereocenters. The van der Waals surface area contributed by atoms with Crippen LogP contribution in [0.1, 0.15) is 31.7 Å². The number of nitrogens with zero attached hydrogens (tertiary/aromatic N) is 1. The predicted molar refractivity (Wildman–Crippen MR) is 79.5 cm³/mol. The van der Waals surface area contributed by atoms with E-state index in [2.05, 4.69) is 12.2 Å². The summed E-state index contributed by atoms with van der Waals surface area (Å²) in [6.45, 7) is 3.66. The standard InChI is InChI=1S/C16H21F3N2O/c1-12-4-3-8-21(9-7-12)15(22)11-20-14-6-2-5-13(10-14)16(17,18)19/h2,5-6,10,12,20H,3-4,7-9,11H2,1H3. The largest absolute Gasteiger partial charge is 0.416 e. The number of nitrogens with one attached hydrogen (secondary N) is 1. The maximum Gasteiger partial charge on any atom is 0.416 e. The summed E-state index contributed by atoms with van der Waals surface area (Å²) in [5.74, 6) is 0.556. The first-order chi connectivity index (χ1) is 10.4. The van der Waals surface area contributed by atoms with Crippen molar-refractivity contribution >= 4 is 11.6 Å². The lowest BCUT2D eigenvalue weighted by molar-refractivity contribution is -0.137. The summed E-state index contributed by atoms with van der Waals surface area (Å²) in [5, 5.41) is 2.79. The van der Waals surface area contributed by atoms with Crippen LogP contribution in [0.5, 0.6) is 0 Å². The minimum atomic E-state index is -4.37. The molecule has 2 rings (SSSR count). The smallest absolute Gasteiger partial charge is 0.376 e. The third kappa shape index (κ3) is 4.64. The summed E-state index contributed by atoms with van der Waals surface area (Å²) in [6.07, 6.45) is -1.29. The zero-order valence-corrected chi connectivity index (χ0v) is 12.6. The predicted octanol–water partition coefficient (Wildman–Crippen LogP) is 3.77. The fourth-order valence-electron chi connectivity index (χ4n) is 2.61. The zero-order valence-electron chi connectivity index (χ0n) is 12.6. The molecule has 1 aromatic rings. The average Bonchev–Trinajstić information content (AvgIpc) is 2.69. The molecule has 1 aliphatic heterocycles. The van der Waals surface area contributed by atoms with Gasteiger partial charge in [-0.1, -0.05) is 13.0 Å². The molecule has 122 valence electrons. The van der Waals surface area contributed by atoms with Crippen molar-refractivity contribution in [3.8, 4) is 0 Å². The summed E-state index contributed by atoms with van der Waals surface area (Å²) in [4.78, 5) is 13.9. The van der Waals surface area contributed by atoms with Gasteiger partial charge in [-0.25, -0.2) is 0 Å². The van der Waals surface area contributed by atoms with Crippen LogP contribution in [0, 0.1) is 5.92 Å². The molecule has 1 aliphatic rings.